The second-order valence-electron chi connectivity index (χ2n) is 5.79. The molecular formula is C18H36O5SSi. The Morgan fingerprint density at radius 2 is 1.52 bits per heavy atom. The fraction of sp³-hybridized carbons (Fsp3) is 0.778. The number of hydrogen-bond acceptors (Lipinski definition) is 6. The minimum absolute atomic E-state index is 0.107. The number of hydrogen-bond donors (Lipinski definition) is 2. The summed E-state index contributed by atoms with van der Waals surface area (Å²) in [6, 6.07) is 0.845. The van der Waals surface area contributed by atoms with Crippen molar-refractivity contribution in [3.05, 3.63) is 24.3 Å². The first-order chi connectivity index (χ1) is 12.2. The molecule has 0 amide bonds. The minimum atomic E-state index is -2.42. The Morgan fingerprint density at radius 3 is 2.12 bits per heavy atom. The van der Waals surface area contributed by atoms with Gasteiger partial charge in [-0.25, -0.2) is 0 Å². The summed E-state index contributed by atoms with van der Waals surface area (Å²) in [5.74, 6) is 2.82. The summed E-state index contributed by atoms with van der Waals surface area (Å²) in [5.41, 5.74) is 0. The third-order valence-corrected chi connectivity index (χ3v) is 8.06. The van der Waals surface area contributed by atoms with Gasteiger partial charge in [-0.05, 0) is 49.5 Å². The molecule has 0 aliphatic carbocycles. The molecule has 0 saturated heterocycles. The lowest BCUT2D eigenvalue weighted by atomic mass is 9.96. The van der Waals surface area contributed by atoms with Crippen LogP contribution in [0.15, 0.2) is 24.3 Å². The molecule has 148 valence electrons. The molecular weight excluding hydrogens is 356 g/mol. The van der Waals surface area contributed by atoms with E-state index >= 15 is 0 Å². The standard InChI is InChI=1S/C18H36O5SSi/c1-21-25(22-2,23-3)17-9-15-24-16-12-18(11-6-8-14-20)10-5-4-7-13-19/h4,6-8,18-20H,5,9-17H2,1-3H3/b7-4+,8-6+. The molecule has 0 aliphatic heterocycles. The molecule has 1 atom stereocenters. The molecule has 5 nitrogen and oxygen atoms in total. The molecule has 0 fully saturated rings. The second kappa shape index (κ2) is 17.3. The van der Waals surface area contributed by atoms with Gasteiger partial charge in [0.15, 0.2) is 0 Å². The van der Waals surface area contributed by atoms with Gasteiger partial charge in [-0.15, -0.1) is 0 Å². The quantitative estimate of drug-likeness (QED) is 0.225. The van der Waals surface area contributed by atoms with E-state index in [1.807, 2.05) is 23.9 Å². The van der Waals surface area contributed by atoms with Crippen LogP contribution in [0.25, 0.3) is 0 Å². The van der Waals surface area contributed by atoms with E-state index in [1.165, 1.54) is 0 Å². The summed E-state index contributed by atoms with van der Waals surface area (Å²) in [5, 5.41) is 17.7. The number of aliphatic hydroxyl groups excluding tert-OH is 2. The third-order valence-electron chi connectivity index (χ3n) is 4.13. The lowest BCUT2D eigenvalue weighted by Crippen LogP contribution is -2.42. The molecule has 0 aromatic carbocycles. The number of aliphatic hydroxyl groups is 2. The summed E-state index contributed by atoms with van der Waals surface area (Å²) in [6.45, 7) is 0.218. The van der Waals surface area contributed by atoms with E-state index in [0.29, 0.717) is 5.92 Å². The van der Waals surface area contributed by atoms with Gasteiger partial charge in [-0.2, -0.15) is 11.8 Å². The van der Waals surface area contributed by atoms with Crippen LogP contribution in [-0.2, 0) is 13.3 Å². The van der Waals surface area contributed by atoms with Crippen LogP contribution >= 0.6 is 11.8 Å². The fourth-order valence-corrected chi connectivity index (χ4v) is 5.60. The van der Waals surface area contributed by atoms with Gasteiger partial charge < -0.3 is 23.5 Å². The topological polar surface area (TPSA) is 68.2 Å². The predicted molar refractivity (Wildman–Crippen MR) is 108 cm³/mol. The highest BCUT2D eigenvalue weighted by Crippen LogP contribution is 2.22. The van der Waals surface area contributed by atoms with E-state index in [-0.39, 0.29) is 13.2 Å². The number of thioether (sulfide) groups is 1. The molecule has 0 rings (SSSR count). The van der Waals surface area contributed by atoms with Gasteiger partial charge >= 0.3 is 8.80 Å². The number of rotatable bonds is 17. The molecule has 0 radical (unpaired) electrons. The third kappa shape index (κ3) is 12.8. The van der Waals surface area contributed by atoms with Gasteiger partial charge in [0.2, 0.25) is 0 Å². The maximum absolute atomic E-state index is 8.87. The maximum atomic E-state index is 8.87. The first-order valence-corrected chi connectivity index (χ1v) is 12.0. The van der Waals surface area contributed by atoms with Crippen molar-refractivity contribution in [3.8, 4) is 0 Å². The Kier molecular flexibility index (Phi) is 17.2. The molecule has 0 bridgehead atoms. The van der Waals surface area contributed by atoms with Crippen molar-refractivity contribution in [1.29, 1.82) is 0 Å². The molecule has 7 heteroatoms. The Hall–Kier alpha value is -0.153. The van der Waals surface area contributed by atoms with Crippen molar-refractivity contribution >= 4 is 20.6 Å². The maximum Gasteiger partial charge on any atom is 0.500 e. The van der Waals surface area contributed by atoms with Gasteiger partial charge in [0.25, 0.3) is 0 Å². The van der Waals surface area contributed by atoms with Gasteiger partial charge in [0.05, 0.1) is 13.2 Å². The molecule has 0 aromatic heterocycles. The lowest BCUT2D eigenvalue weighted by molar-refractivity contribution is 0.123. The highest BCUT2D eigenvalue weighted by Gasteiger charge is 2.36. The Bertz CT molecular complexity index is 340. The van der Waals surface area contributed by atoms with E-state index in [9.17, 15) is 0 Å². The van der Waals surface area contributed by atoms with Crippen molar-refractivity contribution in [2.45, 2.75) is 38.1 Å². The first kappa shape index (κ1) is 24.8. The van der Waals surface area contributed by atoms with E-state index < -0.39 is 8.80 Å². The van der Waals surface area contributed by atoms with Crippen molar-refractivity contribution in [1.82, 2.24) is 0 Å². The summed E-state index contributed by atoms with van der Waals surface area (Å²) < 4.78 is 16.3. The molecule has 1 unspecified atom stereocenters. The normalized spacial score (nSPS) is 14.0. The predicted octanol–water partition coefficient (Wildman–Crippen LogP) is 3.26. The monoisotopic (exact) mass is 392 g/mol. The molecule has 25 heavy (non-hydrogen) atoms. The van der Waals surface area contributed by atoms with Crippen LogP contribution in [0.2, 0.25) is 6.04 Å². The van der Waals surface area contributed by atoms with Crippen molar-refractivity contribution in [3.63, 3.8) is 0 Å². The highest BCUT2D eigenvalue weighted by molar-refractivity contribution is 7.99. The minimum Gasteiger partial charge on any atom is -0.392 e. The van der Waals surface area contributed by atoms with Crippen molar-refractivity contribution < 1.29 is 23.5 Å². The largest absolute Gasteiger partial charge is 0.500 e. The zero-order chi connectivity index (χ0) is 18.8. The zero-order valence-corrected chi connectivity index (χ0v) is 17.8. The van der Waals surface area contributed by atoms with Crippen LogP contribution < -0.4 is 0 Å². The van der Waals surface area contributed by atoms with Crippen LogP contribution in [-0.4, -0.2) is 65.1 Å². The van der Waals surface area contributed by atoms with Gasteiger partial charge in [0.1, 0.15) is 0 Å². The molecule has 0 aliphatic rings. The molecule has 0 saturated carbocycles. The number of allylic oxidation sites excluding steroid dienone is 2. The summed E-state index contributed by atoms with van der Waals surface area (Å²) in [6.07, 6.45) is 13.0. The average molecular weight is 393 g/mol. The van der Waals surface area contributed by atoms with E-state index in [2.05, 4.69) is 6.08 Å². The Labute approximate surface area is 158 Å². The first-order valence-electron chi connectivity index (χ1n) is 8.92. The molecule has 0 spiro atoms. The molecule has 0 aromatic rings. The van der Waals surface area contributed by atoms with Gasteiger partial charge in [-0.3, -0.25) is 0 Å². The Morgan fingerprint density at radius 1 is 0.880 bits per heavy atom. The highest BCUT2D eigenvalue weighted by atomic mass is 32.2. The zero-order valence-electron chi connectivity index (χ0n) is 16.0. The van der Waals surface area contributed by atoms with Crippen molar-refractivity contribution in [2.24, 2.45) is 5.92 Å². The SMILES string of the molecule is CO[Si](CCCSCCC(C/C=C/CO)CC/C=C/CO)(OC)OC. The smallest absolute Gasteiger partial charge is 0.392 e. The fourth-order valence-electron chi connectivity index (χ4n) is 2.57. The second-order valence-corrected chi connectivity index (χ2v) is 10.1. The Balaban J connectivity index is 4.02. The van der Waals surface area contributed by atoms with Crippen molar-refractivity contribution in [2.75, 3.05) is 46.0 Å². The lowest BCUT2D eigenvalue weighted by Gasteiger charge is -2.24. The van der Waals surface area contributed by atoms with Crippen LogP contribution in [0.1, 0.15) is 32.1 Å². The van der Waals surface area contributed by atoms with Crippen LogP contribution in [0.5, 0.6) is 0 Å². The van der Waals surface area contributed by atoms with Crippen LogP contribution in [0, 0.1) is 5.92 Å². The molecule has 0 heterocycles. The summed E-state index contributed by atoms with van der Waals surface area (Å²) in [4.78, 5) is 0. The van der Waals surface area contributed by atoms with E-state index in [4.69, 9.17) is 23.5 Å². The molecule has 2 N–H and O–H groups in total. The van der Waals surface area contributed by atoms with Crippen LogP contribution in [0.4, 0.5) is 0 Å². The summed E-state index contributed by atoms with van der Waals surface area (Å²) >= 11 is 1.96. The van der Waals surface area contributed by atoms with E-state index in [1.54, 1.807) is 27.4 Å². The van der Waals surface area contributed by atoms with E-state index in [0.717, 1.165) is 49.7 Å². The van der Waals surface area contributed by atoms with Gasteiger partial charge in [-0.1, -0.05) is 24.3 Å². The van der Waals surface area contributed by atoms with Gasteiger partial charge in [0, 0.05) is 27.4 Å². The average Bonchev–Trinajstić information content (AvgIpc) is 2.65. The summed E-state index contributed by atoms with van der Waals surface area (Å²) in [7, 11) is 2.54. The van der Waals surface area contributed by atoms with Crippen LogP contribution in [0.3, 0.4) is 0 Å².